The zero-order chi connectivity index (χ0) is 22.1. The molecule has 6 nitrogen and oxygen atoms in total. The molecule has 1 spiro atoms. The fraction of sp³-hybridized carbons (Fsp3) is 0.739. The number of nitrogens with zero attached hydrogens (tertiary/aromatic N) is 3. The quantitative estimate of drug-likeness (QED) is 0.724. The van der Waals surface area contributed by atoms with Gasteiger partial charge >= 0.3 is 0 Å². The Morgan fingerprint density at radius 3 is 2.74 bits per heavy atom. The van der Waals surface area contributed by atoms with E-state index in [1.165, 1.54) is 0 Å². The lowest BCUT2D eigenvalue weighted by Crippen LogP contribution is -2.46. The van der Waals surface area contributed by atoms with Gasteiger partial charge in [-0.3, -0.25) is 9.69 Å². The van der Waals surface area contributed by atoms with Crippen molar-refractivity contribution >= 4 is 5.91 Å². The van der Waals surface area contributed by atoms with Crippen LogP contribution in [0, 0.1) is 18.3 Å². The lowest BCUT2D eigenvalue weighted by Gasteiger charge is -2.39. The summed E-state index contributed by atoms with van der Waals surface area (Å²) in [5.74, 6) is -2.16. The van der Waals surface area contributed by atoms with E-state index in [4.69, 9.17) is 9.47 Å². The third-order valence-electron chi connectivity index (χ3n) is 7.22. The first kappa shape index (κ1) is 22.4. The largest absolute Gasteiger partial charge is 0.481 e. The highest BCUT2D eigenvalue weighted by atomic mass is 19.3. The van der Waals surface area contributed by atoms with Gasteiger partial charge in [-0.05, 0) is 37.8 Å². The van der Waals surface area contributed by atoms with Gasteiger partial charge in [0.15, 0.2) is 0 Å². The molecule has 8 heteroatoms. The Kier molecular flexibility index (Phi) is 6.49. The number of hydrogen-bond acceptors (Lipinski definition) is 5. The molecule has 0 bridgehead atoms. The van der Waals surface area contributed by atoms with E-state index in [-0.39, 0.29) is 36.6 Å². The van der Waals surface area contributed by atoms with Crippen molar-refractivity contribution in [2.45, 2.75) is 51.5 Å². The van der Waals surface area contributed by atoms with E-state index in [1.807, 2.05) is 13.1 Å². The fourth-order valence-electron chi connectivity index (χ4n) is 5.50. The molecule has 1 amide bonds. The van der Waals surface area contributed by atoms with Crippen molar-refractivity contribution in [3.63, 3.8) is 0 Å². The van der Waals surface area contributed by atoms with Crippen LogP contribution in [0.3, 0.4) is 0 Å². The lowest BCUT2D eigenvalue weighted by molar-refractivity contribution is -0.140. The number of ether oxygens (including phenoxy) is 2. The van der Waals surface area contributed by atoms with E-state index in [0.29, 0.717) is 45.1 Å². The van der Waals surface area contributed by atoms with Gasteiger partial charge in [0.2, 0.25) is 17.7 Å². The molecule has 3 saturated heterocycles. The number of pyridine rings is 1. The third kappa shape index (κ3) is 4.85. The molecule has 1 aromatic rings. The molecule has 3 fully saturated rings. The number of aromatic nitrogens is 1. The Bertz CT molecular complexity index is 798. The van der Waals surface area contributed by atoms with Gasteiger partial charge in [-0.1, -0.05) is 0 Å². The zero-order valence-corrected chi connectivity index (χ0v) is 18.5. The Labute approximate surface area is 182 Å². The molecular weight excluding hydrogens is 404 g/mol. The van der Waals surface area contributed by atoms with Crippen molar-refractivity contribution in [3.8, 4) is 5.88 Å². The highest BCUT2D eigenvalue weighted by molar-refractivity contribution is 5.80. The number of carbonyl (C=O) groups excluding carboxylic acids is 1. The van der Waals surface area contributed by atoms with Crippen LogP contribution in [0.2, 0.25) is 0 Å². The van der Waals surface area contributed by atoms with E-state index in [1.54, 1.807) is 12.0 Å². The van der Waals surface area contributed by atoms with Crippen molar-refractivity contribution in [2.75, 3.05) is 46.5 Å². The molecule has 0 saturated carbocycles. The van der Waals surface area contributed by atoms with Crippen LogP contribution in [0.25, 0.3) is 0 Å². The average molecular weight is 438 g/mol. The zero-order valence-electron chi connectivity index (χ0n) is 18.5. The molecule has 0 aliphatic carbocycles. The van der Waals surface area contributed by atoms with E-state index >= 15 is 0 Å². The van der Waals surface area contributed by atoms with Gasteiger partial charge in [0.05, 0.1) is 13.0 Å². The number of rotatable bonds is 4. The van der Waals surface area contributed by atoms with Gasteiger partial charge in [0.1, 0.15) is 0 Å². The van der Waals surface area contributed by atoms with Gasteiger partial charge in [-0.15, -0.1) is 0 Å². The summed E-state index contributed by atoms with van der Waals surface area (Å²) < 4.78 is 38.5. The number of aryl methyl sites for hydroxylation is 1. The number of methoxy groups -OCH3 is 1. The molecule has 0 N–H and O–H groups in total. The number of halogens is 2. The molecule has 3 aliphatic rings. The number of carbonyl (C=O) groups is 1. The summed E-state index contributed by atoms with van der Waals surface area (Å²) in [6.45, 7) is 6.04. The highest BCUT2D eigenvalue weighted by Gasteiger charge is 2.51. The van der Waals surface area contributed by atoms with E-state index < -0.39 is 5.92 Å². The Morgan fingerprint density at radius 2 is 2.03 bits per heavy atom. The molecule has 4 heterocycles. The minimum atomic E-state index is -2.66. The summed E-state index contributed by atoms with van der Waals surface area (Å²) in [6.07, 6.45) is 3.50. The minimum Gasteiger partial charge on any atom is -0.481 e. The normalized spacial score (nSPS) is 26.1. The first-order chi connectivity index (χ1) is 14.8. The lowest BCUT2D eigenvalue weighted by atomic mass is 9.71. The molecule has 0 unspecified atom stereocenters. The Balaban J connectivity index is 1.50. The second kappa shape index (κ2) is 8.98. The molecule has 3 aliphatic heterocycles. The second-order valence-corrected chi connectivity index (χ2v) is 9.40. The monoisotopic (exact) mass is 437 g/mol. The fourth-order valence-corrected chi connectivity index (χ4v) is 5.50. The smallest absolute Gasteiger partial charge is 0.249 e. The predicted octanol–water partition coefficient (Wildman–Crippen LogP) is 3.28. The Morgan fingerprint density at radius 1 is 1.26 bits per heavy atom. The summed E-state index contributed by atoms with van der Waals surface area (Å²) in [7, 11) is 1.61. The van der Waals surface area contributed by atoms with Crippen molar-refractivity contribution in [1.29, 1.82) is 0 Å². The first-order valence-corrected chi connectivity index (χ1v) is 11.3. The molecule has 1 atom stereocenters. The molecular formula is C23H33F2N3O3. The average Bonchev–Trinajstić information content (AvgIpc) is 2.95. The summed E-state index contributed by atoms with van der Waals surface area (Å²) >= 11 is 0. The van der Waals surface area contributed by atoms with Gasteiger partial charge in [-0.2, -0.15) is 0 Å². The van der Waals surface area contributed by atoms with Gasteiger partial charge in [0.25, 0.3) is 0 Å². The molecule has 172 valence electrons. The van der Waals surface area contributed by atoms with Crippen LogP contribution in [-0.4, -0.2) is 73.1 Å². The maximum Gasteiger partial charge on any atom is 0.249 e. The van der Waals surface area contributed by atoms with Crippen molar-refractivity contribution in [2.24, 2.45) is 11.3 Å². The SMILES string of the molecule is COc1ncc(CN2C[C@@H](C(=O)N3CCCC(F)(F)CC3)C3(CCOCC3)C2)cc1C. The summed E-state index contributed by atoms with van der Waals surface area (Å²) in [6, 6.07) is 2.08. The van der Waals surface area contributed by atoms with Crippen LogP contribution in [0.1, 0.15) is 43.2 Å². The molecule has 0 aromatic carbocycles. The third-order valence-corrected chi connectivity index (χ3v) is 7.22. The van der Waals surface area contributed by atoms with Crippen molar-refractivity contribution in [1.82, 2.24) is 14.8 Å². The summed E-state index contributed by atoms with van der Waals surface area (Å²) in [5.41, 5.74) is 1.93. The van der Waals surface area contributed by atoms with Crippen LogP contribution in [-0.2, 0) is 16.1 Å². The van der Waals surface area contributed by atoms with Crippen LogP contribution < -0.4 is 4.74 Å². The Hall–Kier alpha value is -1.80. The van der Waals surface area contributed by atoms with E-state index in [9.17, 15) is 13.6 Å². The maximum atomic E-state index is 13.8. The van der Waals surface area contributed by atoms with Crippen LogP contribution in [0.5, 0.6) is 5.88 Å². The topological polar surface area (TPSA) is 54.9 Å². The maximum absolute atomic E-state index is 13.8. The van der Waals surface area contributed by atoms with Crippen LogP contribution in [0.4, 0.5) is 8.78 Å². The number of likely N-dealkylation sites (tertiary alicyclic amines) is 2. The summed E-state index contributed by atoms with van der Waals surface area (Å²) in [4.78, 5) is 22.0. The standard InChI is InChI=1S/C23H33F2N3O3/c1-17-12-18(13-26-20(17)30-2)14-27-15-19(22(16-27)6-10-31-11-7-22)21(29)28-8-3-4-23(24,25)5-9-28/h12-13,19H,3-11,14-16H2,1-2H3/t19-/m0/s1. The van der Waals surface area contributed by atoms with Gasteiger partial charge in [0, 0.05) is 76.0 Å². The molecule has 31 heavy (non-hydrogen) atoms. The number of amides is 1. The van der Waals surface area contributed by atoms with Gasteiger partial charge < -0.3 is 14.4 Å². The molecule has 1 aromatic heterocycles. The predicted molar refractivity (Wildman–Crippen MR) is 112 cm³/mol. The molecule has 0 radical (unpaired) electrons. The summed E-state index contributed by atoms with van der Waals surface area (Å²) in [5, 5.41) is 0. The van der Waals surface area contributed by atoms with Crippen LogP contribution >= 0.6 is 0 Å². The number of hydrogen-bond donors (Lipinski definition) is 0. The van der Waals surface area contributed by atoms with E-state index in [2.05, 4.69) is 16.0 Å². The molecule has 4 rings (SSSR count). The minimum absolute atomic E-state index is 0.0473. The first-order valence-electron chi connectivity index (χ1n) is 11.3. The van der Waals surface area contributed by atoms with Crippen molar-refractivity contribution in [3.05, 3.63) is 23.4 Å². The van der Waals surface area contributed by atoms with E-state index in [0.717, 1.165) is 30.5 Å². The highest BCUT2D eigenvalue weighted by Crippen LogP contribution is 2.46. The number of alkyl halides is 2. The van der Waals surface area contributed by atoms with Gasteiger partial charge in [-0.25, -0.2) is 13.8 Å². The van der Waals surface area contributed by atoms with Crippen molar-refractivity contribution < 1.29 is 23.0 Å². The second-order valence-electron chi connectivity index (χ2n) is 9.40. The van der Waals surface area contributed by atoms with Crippen LogP contribution in [0.15, 0.2) is 12.3 Å².